The van der Waals surface area contributed by atoms with Crippen molar-refractivity contribution in [3.8, 4) is 0 Å². The molecule has 1 saturated carbocycles. The molecule has 31 heavy (non-hydrogen) atoms. The lowest BCUT2D eigenvalue weighted by molar-refractivity contribution is 0.136. The van der Waals surface area contributed by atoms with Crippen LogP contribution >= 0.6 is 0 Å². The number of para-hydroxylation sites is 1. The Bertz CT molecular complexity index is 1070. The van der Waals surface area contributed by atoms with Gasteiger partial charge in [-0.25, -0.2) is 4.79 Å². The van der Waals surface area contributed by atoms with Crippen LogP contribution in [0.4, 0.5) is 4.79 Å². The van der Waals surface area contributed by atoms with E-state index in [9.17, 15) is 19.4 Å². The largest absolute Gasteiger partial charge is 0.612 e. The molecule has 2 atom stereocenters. The molecule has 1 aromatic heterocycles. The summed E-state index contributed by atoms with van der Waals surface area (Å²) in [5, 5.41) is 22.9. The van der Waals surface area contributed by atoms with Crippen molar-refractivity contribution in [2.75, 3.05) is 6.26 Å². The van der Waals surface area contributed by atoms with Gasteiger partial charge in [0.25, 0.3) is 0 Å². The zero-order chi connectivity index (χ0) is 22.0. The average molecular weight is 441 g/mol. The summed E-state index contributed by atoms with van der Waals surface area (Å²) in [6, 6.07) is 13.1. The number of rotatable bonds is 8. The highest BCUT2D eigenvalue weighted by Crippen LogP contribution is 2.41. The molecular weight excluding hydrogens is 417 g/mol. The third-order valence-corrected chi connectivity index (χ3v) is 6.48. The van der Waals surface area contributed by atoms with Crippen LogP contribution in [0.5, 0.6) is 0 Å². The van der Waals surface area contributed by atoms with E-state index < -0.39 is 30.3 Å². The quantitative estimate of drug-likeness (QED) is 0.366. The number of carbonyl (C=O) groups is 1. The maximum atomic E-state index is 12.4. The van der Waals surface area contributed by atoms with Crippen LogP contribution in [0.2, 0.25) is 0 Å². The van der Waals surface area contributed by atoms with Gasteiger partial charge in [0.2, 0.25) is 0 Å². The van der Waals surface area contributed by atoms with Crippen LogP contribution in [-0.4, -0.2) is 40.0 Å². The maximum absolute atomic E-state index is 12.4. The minimum Gasteiger partial charge on any atom is -0.612 e. The molecule has 3 aromatic rings. The van der Waals surface area contributed by atoms with Gasteiger partial charge < -0.3 is 29.1 Å². The van der Waals surface area contributed by atoms with Crippen molar-refractivity contribution in [1.82, 2.24) is 5.32 Å². The Balaban J connectivity index is 1.41. The number of furan rings is 1. The zero-order valence-electron chi connectivity index (χ0n) is 17.1. The van der Waals surface area contributed by atoms with Gasteiger partial charge in [-0.2, -0.15) is 0 Å². The molecule has 1 heterocycles. The Labute approximate surface area is 183 Å². The van der Waals surface area contributed by atoms with E-state index in [1.807, 2.05) is 42.5 Å². The molecule has 0 bridgehead atoms. The van der Waals surface area contributed by atoms with Crippen LogP contribution in [0.15, 0.2) is 58.0 Å². The number of ether oxygens (including phenoxy) is 1. The van der Waals surface area contributed by atoms with Crippen LogP contribution in [0, 0.1) is 0 Å². The molecule has 0 aliphatic heterocycles. The topological polar surface area (TPSA) is 115 Å². The number of amides is 1. The Morgan fingerprint density at radius 2 is 2.06 bits per heavy atom. The fourth-order valence-corrected chi connectivity index (χ4v) is 4.41. The van der Waals surface area contributed by atoms with E-state index in [0.717, 1.165) is 29.4 Å². The third-order valence-electron chi connectivity index (χ3n) is 5.47. The SMILES string of the molecule is C[S+]([O-])c1ccc(C2CC2)cc1COC(=O)NC(Cc1coc2ccccc12)B(O)O. The lowest BCUT2D eigenvalue weighted by atomic mass is 9.76. The second-order valence-corrected chi connectivity index (χ2v) is 9.15. The standard InChI is InChI=1S/C22H24BNO6S/c1-31(28)20-9-8-15(14-6-7-14)10-17(20)13-30-22(25)24-21(23(26)27)11-16-12-29-19-5-3-2-4-18(16)19/h2-5,8-10,12,14,21,26-27H,6-7,11,13H2,1H3,(H,24,25). The van der Waals surface area contributed by atoms with E-state index in [1.165, 1.54) is 0 Å². The second kappa shape index (κ2) is 9.36. The van der Waals surface area contributed by atoms with E-state index in [2.05, 4.69) is 5.32 Å². The Morgan fingerprint density at radius 3 is 2.77 bits per heavy atom. The van der Waals surface area contributed by atoms with Gasteiger partial charge in [-0.1, -0.05) is 24.3 Å². The van der Waals surface area contributed by atoms with Crippen molar-refractivity contribution in [1.29, 1.82) is 0 Å². The van der Waals surface area contributed by atoms with Gasteiger partial charge in [0, 0.05) is 10.9 Å². The molecular formula is C22H24BNO6S. The molecule has 4 rings (SSSR count). The van der Waals surface area contributed by atoms with Crippen molar-refractivity contribution in [3.63, 3.8) is 0 Å². The zero-order valence-corrected chi connectivity index (χ0v) is 17.9. The molecule has 3 N–H and O–H groups in total. The number of hydrogen-bond acceptors (Lipinski definition) is 6. The molecule has 0 saturated heterocycles. The van der Waals surface area contributed by atoms with Crippen molar-refractivity contribution >= 4 is 35.4 Å². The maximum Gasteiger partial charge on any atom is 0.475 e. The van der Waals surface area contributed by atoms with Crippen LogP contribution in [0.25, 0.3) is 11.0 Å². The first-order valence-corrected chi connectivity index (χ1v) is 11.7. The van der Waals surface area contributed by atoms with E-state index in [0.29, 0.717) is 22.0 Å². The van der Waals surface area contributed by atoms with Crippen molar-refractivity contribution in [2.45, 2.75) is 42.6 Å². The molecule has 0 spiro atoms. The van der Waals surface area contributed by atoms with Gasteiger partial charge >= 0.3 is 13.2 Å². The van der Waals surface area contributed by atoms with E-state index in [4.69, 9.17) is 9.15 Å². The molecule has 162 valence electrons. The Hall–Kier alpha value is -2.46. The van der Waals surface area contributed by atoms with Crippen LogP contribution in [-0.2, 0) is 28.9 Å². The normalized spacial score (nSPS) is 15.5. The van der Waals surface area contributed by atoms with Crippen LogP contribution < -0.4 is 5.32 Å². The van der Waals surface area contributed by atoms with Crippen LogP contribution in [0.1, 0.15) is 35.4 Å². The summed E-state index contributed by atoms with van der Waals surface area (Å²) in [6.07, 6.45) is 4.77. The third kappa shape index (κ3) is 5.24. The molecule has 9 heteroatoms. The molecule has 0 radical (unpaired) electrons. The van der Waals surface area contributed by atoms with Crippen molar-refractivity contribution in [2.24, 2.45) is 0 Å². The minimum absolute atomic E-state index is 0.0514. The fraction of sp³-hybridized carbons (Fsp3) is 0.318. The molecule has 7 nitrogen and oxygen atoms in total. The summed E-state index contributed by atoms with van der Waals surface area (Å²) in [6.45, 7) is -0.0514. The first kappa shape index (κ1) is 21.8. The summed E-state index contributed by atoms with van der Waals surface area (Å²) in [4.78, 5) is 13.0. The Morgan fingerprint density at radius 1 is 1.29 bits per heavy atom. The molecule has 2 aromatic carbocycles. The van der Waals surface area contributed by atoms with Crippen molar-refractivity contribution < 1.29 is 28.5 Å². The number of benzene rings is 2. The number of hydrogen-bond donors (Lipinski definition) is 3. The lowest BCUT2D eigenvalue weighted by Crippen LogP contribution is -2.48. The first-order chi connectivity index (χ1) is 14.9. The average Bonchev–Trinajstić information content (AvgIpc) is 3.53. The molecule has 1 aliphatic carbocycles. The molecule has 2 unspecified atom stereocenters. The van der Waals surface area contributed by atoms with Gasteiger partial charge in [0.15, 0.2) is 4.90 Å². The minimum atomic E-state index is -1.78. The van der Waals surface area contributed by atoms with Gasteiger partial charge in [-0.15, -0.1) is 0 Å². The first-order valence-electron chi connectivity index (χ1n) is 10.1. The summed E-state index contributed by atoms with van der Waals surface area (Å²) in [5.41, 5.74) is 3.28. The summed E-state index contributed by atoms with van der Waals surface area (Å²) in [5.74, 6) is -0.461. The predicted octanol–water partition coefficient (Wildman–Crippen LogP) is 2.90. The number of fused-ring (bicyclic) bond motifs is 1. The number of nitrogens with one attached hydrogen (secondary N) is 1. The van der Waals surface area contributed by atoms with Gasteiger partial charge in [0.1, 0.15) is 18.4 Å². The van der Waals surface area contributed by atoms with Crippen LogP contribution in [0.3, 0.4) is 0 Å². The Kier molecular flexibility index (Phi) is 6.57. The van der Waals surface area contributed by atoms with E-state index >= 15 is 0 Å². The molecule has 1 aliphatic rings. The smallest absolute Gasteiger partial charge is 0.475 e. The number of alkyl carbamates (subject to hydrolysis) is 1. The monoisotopic (exact) mass is 441 g/mol. The highest BCUT2D eigenvalue weighted by Gasteiger charge is 2.28. The van der Waals surface area contributed by atoms with E-state index in [1.54, 1.807) is 12.5 Å². The summed E-state index contributed by atoms with van der Waals surface area (Å²) >= 11 is -1.21. The highest BCUT2D eigenvalue weighted by atomic mass is 32.2. The molecule has 1 amide bonds. The highest BCUT2D eigenvalue weighted by molar-refractivity contribution is 7.90. The fourth-order valence-electron chi connectivity index (χ4n) is 3.66. The predicted molar refractivity (Wildman–Crippen MR) is 118 cm³/mol. The van der Waals surface area contributed by atoms with Crippen molar-refractivity contribution in [3.05, 3.63) is 65.4 Å². The number of carbonyl (C=O) groups excluding carboxylic acids is 1. The second-order valence-electron chi connectivity index (χ2n) is 7.80. The summed E-state index contributed by atoms with van der Waals surface area (Å²) in [7, 11) is -1.78. The lowest BCUT2D eigenvalue weighted by Gasteiger charge is -2.18. The van der Waals surface area contributed by atoms with Gasteiger partial charge in [0.05, 0.1) is 12.2 Å². The van der Waals surface area contributed by atoms with Gasteiger partial charge in [-0.05, 0) is 65.7 Å². The summed E-state index contributed by atoms with van der Waals surface area (Å²) < 4.78 is 22.8. The van der Waals surface area contributed by atoms with E-state index in [-0.39, 0.29) is 13.0 Å². The van der Waals surface area contributed by atoms with Gasteiger partial charge in [-0.3, -0.25) is 0 Å². The molecule has 1 fully saturated rings.